The second kappa shape index (κ2) is 6.12. The SMILES string of the molecule is CN(CCN1CCCC1)C(=O)c1nc(C(=O)O)cs1. The first-order valence-electron chi connectivity index (χ1n) is 6.24. The summed E-state index contributed by atoms with van der Waals surface area (Å²) in [6, 6.07) is 0. The van der Waals surface area contributed by atoms with Gasteiger partial charge in [-0.15, -0.1) is 11.3 Å². The summed E-state index contributed by atoms with van der Waals surface area (Å²) in [5.74, 6) is -1.31. The van der Waals surface area contributed by atoms with E-state index in [4.69, 9.17) is 5.11 Å². The van der Waals surface area contributed by atoms with Crippen molar-refractivity contribution in [1.82, 2.24) is 14.8 Å². The second-order valence-corrected chi connectivity index (χ2v) is 5.48. The number of carboxylic acids is 1. The number of carbonyl (C=O) groups is 2. The number of amides is 1. The van der Waals surface area contributed by atoms with E-state index >= 15 is 0 Å². The van der Waals surface area contributed by atoms with Crippen molar-refractivity contribution >= 4 is 23.2 Å². The van der Waals surface area contributed by atoms with Gasteiger partial charge in [0.25, 0.3) is 5.91 Å². The van der Waals surface area contributed by atoms with E-state index in [0.717, 1.165) is 31.0 Å². The smallest absolute Gasteiger partial charge is 0.355 e. The van der Waals surface area contributed by atoms with Gasteiger partial charge in [-0.1, -0.05) is 0 Å². The molecule has 104 valence electrons. The molecule has 0 atom stereocenters. The molecule has 6 nitrogen and oxygen atoms in total. The molecule has 1 N–H and O–H groups in total. The lowest BCUT2D eigenvalue weighted by Gasteiger charge is -2.20. The first kappa shape index (κ1) is 14.0. The fourth-order valence-electron chi connectivity index (χ4n) is 2.03. The Balaban J connectivity index is 1.88. The highest BCUT2D eigenvalue weighted by Crippen LogP contribution is 2.12. The first-order valence-corrected chi connectivity index (χ1v) is 7.12. The summed E-state index contributed by atoms with van der Waals surface area (Å²) in [6.07, 6.45) is 2.46. The number of aromatic carboxylic acids is 1. The standard InChI is InChI=1S/C12H17N3O3S/c1-14(6-7-15-4-2-3-5-15)11(16)10-13-9(8-19-10)12(17)18/h8H,2-7H2,1H3,(H,17,18). The average Bonchev–Trinajstić information content (AvgIpc) is 3.05. The number of carboxylic acid groups (broad SMARTS) is 1. The Kier molecular flexibility index (Phi) is 4.49. The highest BCUT2D eigenvalue weighted by molar-refractivity contribution is 7.11. The molecule has 0 aliphatic carbocycles. The Morgan fingerprint density at radius 2 is 2.16 bits per heavy atom. The fraction of sp³-hybridized carbons (Fsp3) is 0.583. The zero-order valence-corrected chi connectivity index (χ0v) is 11.7. The van der Waals surface area contributed by atoms with Crippen LogP contribution in [0.5, 0.6) is 0 Å². The number of thiazole rings is 1. The molecule has 7 heteroatoms. The van der Waals surface area contributed by atoms with Crippen LogP contribution >= 0.6 is 11.3 Å². The molecule has 1 aromatic heterocycles. The van der Waals surface area contributed by atoms with E-state index in [0.29, 0.717) is 6.54 Å². The van der Waals surface area contributed by atoms with Crippen molar-refractivity contribution in [3.8, 4) is 0 Å². The molecule has 1 aliphatic rings. The summed E-state index contributed by atoms with van der Waals surface area (Å²) in [7, 11) is 1.72. The van der Waals surface area contributed by atoms with Crippen LogP contribution in [0.3, 0.4) is 0 Å². The summed E-state index contributed by atoms with van der Waals surface area (Å²) in [6.45, 7) is 3.70. The van der Waals surface area contributed by atoms with Crippen molar-refractivity contribution in [1.29, 1.82) is 0 Å². The zero-order chi connectivity index (χ0) is 13.8. The predicted octanol–water partition coefficient (Wildman–Crippen LogP) is 1.01. The van der Waals surface area contributed by atoms with E-state index in [1.807, 2.05) is 0 Å². The Hall–Kier alpha value is -1.47. The summed E-state index contributed by atoms with van der Waals surface area (Å²) >= 11 is 1.08. The molecule has 19 heavy (non-hydrogen) atoms. The maximum atomic E-state index is 12.0. The highest BCUT2D eigenvalue weighted by atomic mass is 32.1. The third-order valence-corrected chi connectivity index (χ3v) is 4.03. The van der Waals surface area contributed by atoms with Gasteiger partial charge in [0.15, 0.2) is 10.7 Å². The largest absolute Gasteiger partial charge is 0.476 e. The molecule has 1 aliphatic heterocycles. The number of nitrogens with zero attached hydrogens (tertiary/aromatic N) is 3. The lowest BCUT2D eigenvalue weighted by molar-refractivity contribution is 0.0691. The summed E-state index contributed by atoms with van der Waals surface area (Å²) in [5.41, 5.74) is -0.0682. The Morgan fingerprint density at radius 1 is 1.47 bits per heavy atom. The van der Waals surface area contributed by atoms with E-state index < -0.39 is 5.97 Å². The van der Waals surface area contributed by atoms with Crippen molar-refractivity contribution in [2.45, 2.75) is 12.8 Å². The van der Waals surface area contributed by atoms with Crippen LogP contribution in [0, 0.1) is 0 Å². The summed E-state index contributed by atoms with van der Waals surface area (Å²) in [5, 5.41) is 10.4. The normalized spacial score (nSPS) is 15.6. The Labute approximate surface area is 115 Å². The van der Waals surface area contributed by atoms with Crippen LogP contribution in [0.2, 0.25) is 0 Å². The Morgan fingerprint density at radius 3 is 2.74 bits per heavy atom. The van der Waals surface area contributed by atoms with Gasteiger partial charge in [0.05, 0.1) is 0 Å². The van der Waals surface area contributed by atoms with Gasteiger partial charge in [0, 0.05) is 25.5 Å². The maximum Gasteiger partial charge on any atom is 0.355 e. The molecule has 2 heterocycles. The van der Waals surface area contributed by atoms with Crippen molar-refractivity contribution < 1.29 is 14.7 Å². The van der Waals surface area contributed by atoms with Gasteiger partial charge in [-0.05, 0) is 25.9 Å². The predicted molar refractivity (Wildman–Crippen MR) is 71.7 cm³/mol. The second-order valence-electron chi connectivity index (χ2n) is 4.62. The number of aromatic nitrogens is 1. The lowest BCUT2D eigenvalue weighted by atomic mass is 10.4. The fourth-order valence-corrected chi connectivity index (χ4v) is 2.82. The van der Waals surface area contributed by atoms with Crippen molar-refractivity contribution in [2.24, 2.45) is 0 Å². The quantitative estimate of drug-likeness (QED) is 0.873. The molecule has 0 spiro atoms. The number of hydrogen-bond acceptors (Lipinski definition) is 5. The van der Waals surface area contributed by atoms with Crippen LogP contribution in [-0.2, 0) is 0 Å². The van der Waals surface area contributed by atoms with Crippen LogP contribution in [0.15, 0.2) is 5.38 Å². The third-order valence-electron chi connectivity index (χ3n) is 3.20. The molecule has 1 saturated heterocycles. The molecule has 0 unspecified atom stereocenters. The minimum Gasteiger partial charge on any atom is -0.476 e. The van der Waals surface area contributed by atoms with Gasteiger partial charge in [0.2, 0.25) is 0 Å². The number of likely N-dealkylation sites (tertiary alicyclic amines) is 1. The Bertz CT molecular complexity index is 469. The van der Waals surface area contributed by atoms with Crippen molar-refractivity contribution in [3.63, 3.8) is 0 Å². The van der Waals surface area contributed by atoms with Gasteiger partial charge >= 0.3 is 5.97 Å². The maximum absolute atomic E-state index is 12.0. The molecule has 1 fully saturated rings. The third kappa shape index (κ3) is 3.51. The van der Waals surface area contributed by atoms with Crippen molar-refractivity contribution in [2.75, 3.05) is 33.2 Å². The van der Waals surface area contributed by atoms with E-state index in [2.05, 4.69) is 9.88 Å². The molecule has 0 aromatic carbocycles. The topological polar surface area (TPSA) is 73.7 Å². The summed E-state index contributed by atoms with van der Waals surface area (Å²) in [4.78, 5) is 30.5. The van der Waals surface area contributed by atoms with Gasteiger partial charge in [-0.25, -0.2) is 9.78 Å². The van der Waals surface area contributed by atoms with Crippen LogP contribution in [0.1, 0.15) is 33.1 Å². The van der Waals surface area contributed by atoms with E-state index in [1.54, 1.807) is 11.9 Å². The van der Waals surface area contributed by atoms with Gasteiger partial charge in [-0.2, -0.15) is 0 Å². The molecule has 2 rings (SSSR count). The summed E-state index contributed by atoms with van der Waals surface area (Å²) < 4.78 is 0. The monoisotopic (exact) mass is 283 g/mol. The van der Waals surface area contributed by atoms with Crippen LogP contribution < -0.4 is 0 Å². The van der Waals surface area contributed by atoms with E-state index in [9.17, 15) is 9.59 Å². The molecular weight excluding hydrogens is 266 g/mol. The van der Waals surface area contributed by atoms with Gasteiger partial charge in [0.1, 0.15) is 0 Å². The average molecular weight is 283 g/mol. The van der Waals surface area contributed by atoms with Crippen LogP contribution in [0.4, 0.5) is 0 Å². The molecule has 0 radical (unpaired) electrons. The first-order chi connectivity index (χ1) is 9.08. The lowest BCUT2D eigenvalue weighted by Crippen LogP contribution is -2.35. The minimum absolute atomic E-state index is 0.0682. The number of carbonyl (C=O) groups excluding carboxylic acids is 1. The highest BCUT2D eigenvalue weighted by Gasteiger charge is 2.19. The van der Waals surface area contributed by atoms with Crippen LogP contribution in [-0.4, -0.2) is 65.0 Å². The number of likely N-dealkylation sites (N-methyl/N-ethyl adjacent to an activating group) is 1. The zero-order valence-electron chi connectivity index (χ0n) is 10.8. The number of hydrogen-bond donors (Lipinski definition) is 1. The molecule has 1 aromatic rings. The molecule has 0 saturated carbocycles. The molecule has 1 amide bonds. The van der Waals surface area contributed by atoms with E-state index in [-0.39, 0.29) is 16.6 Å². The molecule has 0 bridgehead atoms. The van der Waals surface area contributed by atoms with Gasteiger partial charge in [-0.3, -0.25) is 4.79 Å². The van der Waals surface area contributed by atoms with Crippen molar-refractivity contribution in [3.05, 3.63) is 16.1 Å². The molecular formula is C12H17N3O3S. The van der Waals surface area contributed by atoms with Crippen LogP contribution in [0.25, 0.3) is 0 Å². The number of rotatable bonds is 5. The van der Waals surface area contributed by atoms with E-state index in [1.165, 1.54) is 18.2 Å². The minimum atomic E-state index is -1.10. The van der Waals surface area contributed by atoms with Gasteiger partial charge < -0.3 is 14.9 Å².